The van der Waals surface area contributed by atoms with E-state index in [4.69, 9.17) is 0 Å². The molecular weight excluding hydrogens is 218 g/mol. The van der Waals surface area contributed by atoms with E-state index in [1.54, 1.807) is 17.5 Å². The zero-order valence-corrected chi connectivity index (χ0v) is 10.1. The van der Waals surface area contributed by atoms with Crippen LogP contribution in [0, 0.1) is 0 Å². The molecule has 16 heavy (non-hydrogen) atoms. The topological polar surface area (TPSA) is 33.1 Å². The minimum absolute atomic E-state index is 0.143. The van der Waals surface area contributed by atoms with Crippen LogP contribution in [0.2, 0.25) is 0 Å². The average Bonchev–Trinajstić information content (AvgIpc) is 2.84. The minimum atomic E-state index is -0.220. The van der Waals surface area contributed by atoms with Crippen LogP contribution in [0.5, 0.6) is 0 Å². The van der Waals surface area contributed by atoms with Gasteiger partial charge in [0.2, 0.25) is 0 Å². The molecule has 2 aromatic rings. The van der Waals surface area contributed by atoms with E-state index in [-0.39, 0.29) is 12.0 Å². The first-order chi connectivity index (χ1) is 7.74. The molecule has 0 bridgehead atoms. The standard InChI is InChI=1S/C13H15NOS/c1-13(10-15,12-6-4-8-16-12)9-11-5-2-3-7-14-11/h2-8,15H,9-10H2,1H3. The lowest BCUT2D eigenvalue weighted by Crippen LogP contribution is -2.28. The van der Waals surface area contributed by atoms with Gasteiger partial charge in [-0.2, -0.15) is 0 Å². The molecule has 0 aliphatic carbocycles. The fraction of sp³-hybridized carbons (Fsp3) is 0.308. The van der Waals surface area contributed by atoms with E-state index >= 15 is 0 Å². The number of aromatic nitrogens is 1. The largest absolute Gasteiger partial charge is 0.395 e. The van der Waals surface area contributed by atoms with E-state index in [0.717, 1.165) is 12.1 Å². The number of pyridine rings is 1. The van der Waals surface area contributed by atoms with Gasteiger partial charge in [0.25, 0.3) is 0 Å². The molecule has 0 aromatic carbocycles. The summed E-state index contributed by atoms with van der Waals surface area (Å²) >= 11 is 1.69. The first-order valence-electron chi connectivity index (χ1n) is 5.29. The lowest BCUT2D eigenvalue weighted by Gasteiger charge is -2.25. The first kappa shape index (κ1) is 11.3. The smallest absolute Gasteiger partial charge is 0.0536 e. The number of rotatable bonds is 4. The molecule has 84 valence electrons. The fourth-order valence-corrected chi connectivity index (χ4v) is 2.63. The summed E-state index contributed by atoms with van der Waals surface area (Å²) in [5.41, 5.74) is 0.801. The van der Waals surface area contributed by atoms with E-state index in [0.29, 0.717) is 0 Å². The number of thiophene rings is 1. The molecular formula is C13H15NOS. The molecule has 2 rings (SSSR count). The van der Waals surface area contributed by atoms with Gasteiger partial charge in [-0.1, -0.05) is 19.1 Å². The predicted octanol–water partition coefficient (Wildman–Crippen LogP) is 2.64. The lowest BCUT2D eigenvalue weighted by molar-refractivity contribution is 0.206. The van der Waals surface area contributed by atoms with Crippen LogP contribution in [0.15, 0.2) is 41.9 Å². The van der Waals surface area contributed by atoms with Crippen molar-refractivity contribution < 1.29 is 5.11 Å². The minimum Gasteiger partial charge on any atom is -0.395 e. The molecule has 3 heteroatoms. The zero-order valence-electron chi connectivity index (χ0n) is 9.26. The summed E-state index contributed by atoms with van der Waals surface area (Å²) in [6.07, 6.45) is 2.56. The number of nitrogens with zero attached hydrogens (tertiary/aromatic N) is 1. The summed E-state index contributed by atoms with van der Waals surface area (Å²) in [5, 5.41) is 11.6. The lowest BCUT2D eigenvalue weighted by atomic mass is 9.84. The van der Waals surface area contributed by atoms with Gasteiger partial charge in [-0.25, -0.2) is 0 Å². The average molecular weight is 233 g/mol. The van der Waals surface area contributed by atoms with Gasteiger partial charge < -0.3 is 5.11 Å². The molecule has 0 spiro atoms. The zero-order chi connectivity index (χ0) is 11.4. The van der Waals surface area contributed by atoms with Crippen LogP contribution in [0.25, 0.3) is 0 Å². The molecule has 0 fully saturated rings. The number of hydrogen-bond donors (Lipinski definition) is 1. The Labute approximate surface area is 99.6 Å². The number of aliphatic hydroxyl groups excluding tert-OH is 1. The molecule has 1 unspecified atom stereocenters. The van der Waals surface area contributed by atoms with Gasteiger partial charge in [-0.05, 0) is 23.6 Å². The van der Waals surface area contributed by atoms with Crippen LogP contribution >= 0.6 is 11.3 Å². The van der Waals surface area contributed by atoms with Gasteiger partial charge in [0, 0.05) is 28.6 Å². The van der Waals surface area contributed by atoms with E-state index < -0.39 is 0 Å². The third kappa shape index (κ3) is 2.31. The third-order valence-corrected chi connectivity index (χ3v) is 3.94. The Morgan fingerprint density at radius 2 is 2.19 bits per heavy atom. The third-order valence-electron chi connectivity index (χ3n) is 2.76. The summed E-state index contributed by atoms with van der Waals surface area (Å²) < 4.78 is 0. The summed E-state index contributed by atoms with van der Waals surface area (Å²) in [6, 6.07) is 9.98. The summed E-state index contributed by atoms with van der Waals surface area (Å²) in [4.78, 5) is 5.52. The van der Waals surface area contributed by atoms with Crippen molar-refractivity contribution in [3.05, 3.63) is 52.5 Å². The van der Waals surface area contributed by atoms with Crippen molar-refractivity contribution in [2.75, 3.05) is 6.61 Å². The highest BCUT2D eigenvalue weighted by Gasteiger charge is 2.27. The molecule has 0 aliphatic heterocycles. The Kier molecular flexibility index (Phi) is 3.36. The van der Waals surface area contributed by atoms with Crippen molar-refractivity contribution >= 4 is 11.3 Å². The molecule has 0 saturated carbocycles. The highest BCUT2D eigenvalue weighted by molar-refractivity contribution is 7.10. The van der Waals surface area contributed by atoms with Crippen LogP contribution in [0.1, 0.15) is 17.5 Å². The van der Waals surface area contributed by atoms with Gasteiger partial charge in [0.1, 0.15) is 0 Å². The monoisotopic (exact) mass is 233 g/mol. The van der Waals surface area contributed by atoms with Gasteiger partial charge in [0.15, 0.2) is 0 Å². The van der Waals surface area contributed by atoms with Crippen LogP contribution in [-0.2, 0) is 11.8 Å². The van der Waals surface area contributed by atoms with Gasteiger partial charge >= 0.3 is 0 Å². The van der Waals surface area contributed by atoms with Crippen molar-refractivity contribution in [1.29, 1.82) is 0 Å². The molecule has 0 aliphatic rings. The van der Waals surface area contributed by atoms with Crippen molar-refractivity contribution in [1.82, 2.24) is 4.98 Å². The molecule has 2 nitrogen and oxygen atoms in total. The van der Waals surface area contributed by atoms with E-state index in [1.807, 2.05) is 29.6 Å². The van der Waals surface area contributed by atoms with E-state index in [1.165, 1.54) is 4.88 Å². The van der Waals surface area contributed by atoms with Crippen LogP contribution < -0.4 is 0 Å². The summed E-state index contributed by atoms with van der Waals surface area (Å²) in [5.74, 6) is 0. The van der Waals surface area contributed by atoms with Crippen LogP contribution in [0.3, 0.4) is 0 Å². The molecule has 1 N–H and O–H groups in total. The molecule has 2 heterocycles. The number of hydrogen-bond acceptors (Lipinski definition) is 3. The quantitative estimate of drug-likeness (QED) is 0.880. The maximum atomic E-state index is 9.60. The molecule has 2 aromatic heterocycles. The SMILES string of the molecule is CC(CO)(Cc1ccccn1)c1cccs1. The highest BCUT2D eigenvalue weighted by atomic mass is 32.1. The first-order valence-corrected chi connectivity index (χ1v) is 6.17. The second kappa shape index (κ2) is 4.76. The molecule has 0 saturated heterocycles. The Bertz CT molecular complexity index is 426. The molecule has 1 atom stereocenters. The fourth-order valence-electron chi connectivity index (χ4n) is 1.75. The Hall–Kier alpha value is -1.19. The molecule has 0 amide bonds. The van der Waals surface area contributed by atoms with Gasteiger partial charge in [-0.3, -0.25) is 4.98 Å². The normalized spacial score (nSPS) is 14.6. The Balaban J connectivity index is 2.23. The Morgan fingerprint density at radius 3 is 2.75 bits per heavy atom. The predicted molar refractivity (Wildman–Crippen MR) is 66.7 cm³/mol. The van der Waals surface area contributed by atoms with Gasteiger partial charge in [-0.15, -0.1) is 11.3 Å². The van der Waals surface area contributed by atoms with Crippen molar-refractivity contribution in [3.8, 4) is 0 Å². The van der Waals surface area contributed by atoms with Crippen molar-refractivity contribution in [2.45, 2.75) is 18.8 Å². The van der Waals surface area contributed by atoms with E-state index in [9.17, 15) is 5.11 Å². The Morgan fingerprint density at radius 1 is 1.31 bits per heavy atom. The van der Waals surface area contributed by atoms with Crippen LogP contribution in [-0.4, -0.2) is 16.7 Å². The number of aliphatic hydroxyl groups is 1. The van der Waals surface area contributed by atoms with E-state index in [2.05, 4.69) is 18.0 Å². The second-order valence-corrected chi connectivity index (χ2v) is 5.14. The van der Waals surface area contributed by atoms with Crippen LogP contribution in [0.4, 0.5) is 0 Å². The van der Waals surface area contributed by atoms with Gasteiger partial charge in [0.05, 0.1) is 6.61 Å². The molecule has 0 radical (unpaired) electrons. The highest BCUT2D eigenvalue weighted by Crippen LogP contribution is 2.30. The summed E-state index contributed by atoms with van der Waals surface area (Å²) in [6.45, 7) is 2.22. The maximum absolute atomic E-state index is 9.60. The second-order valence-electron chi connectivity index (χ2n) is 4.19. The van der Waals surface area contributed by atoms with Crippen molar-refractivity contribution in [3.63, 3.8) is 0 Å². The summed E-state index contributed by atoms with van der Waals surface area (Å²) in [7, 11) is 0. The maximum Gasteiger partial charge on any atom is 0.0536 e. The van der Waals surface area contributed by atoms with Crippen molar-refractivity contribution in [2.24, 2.45) is 0 Å².